The molecule has 2 aromatic carbocycles. The smallest absolute Gasteiger partial charge is 0.241 e. The van der Waals surface area contributed by atoms with E-state index in [4.69, 9.17) is 5.73 Å². The van der Waals surface area contributed by atoms with E-state index in [1.807, 2.05) is 6.92 Å². The van der Waals surface area contributed by atoms with Gasteiger partial charge in [0.25, 0.3) is 0 Å². The lowest BCUT2D eigenvalue weighted by atomic mass is 10.1. The van der Waals surface area contributed by atoms with Crippen LogP contribution in [0.15, 0.2) is 53.4 Å². The minimum atomic E-state index is -3.85. The second kappa shape index (κ2) is 6.29. The van der Waals surface area contributed by atoms with Gasteiger partial charge in [-0.2, -0.15) is 4.72 Å². The van der Waals surface area contributed by atoms with Crippen LogP contribution in [-0.4, -0.2) is 14.3 Å². The largest absolute Gasteiger partial charge is 0.368 e. The Kier molecular flexibility index (Phi) is 4.63. The first-order valence-electron chi connectivity index (χ1n) is 6.75. The molecule has 22 heavy (non-hydrogen) atoms. The molecule has 2 aromatic rings. The molecule has 0 spiro atoms. The van der Waals surface area contributed by atoms with Crippen LogP contribution in [0.1, 0.15) is 22.7 Å². The van der Waals surface area contributed by atoms with Crippen molar-refractivity contribution in [2.45, 2.75) is 24.8 Å². The molecule has 6 heteroatoms. The summed E-state index contributed by atoms with van der Waals surface area (Å²) < 4.78 is 27.5. The van der Waals surface area contributed by atoms with Crippen molar-refractivity contribution in [3.05, 3.63) is 65.2 Å². The lowest BCUT2D eigenvalue weighted by Gasteiger charge is -2.17. The van der Waals surface area contributed by atoms with Crippen molar-refractivity contribution in [1.29, 1.82) is 0 Å². The summed E-state index contributed by atoms with van der Waals surface area (Å²) >= 11 is 0. The van der Waals surface area contributed by atoms with Crippen molar-refractivity contribution in [3.63, 3.8) is 0 Å². The first-order chi connectivity index (χ1) is 10.3. The van der Waals surface area contributed by atoms with Crippen molar-refractivity contribution >= 4 is 15.9 Å². The zero-order valence-electron chi connectivity index (χ0n) is 12.4. The third-order valence-electron chi connectivity index (χ3n) is 3.31. The lowest BCUT2D eigenvalue weighted by molar-refractivity contribution is -0.119. The van der Waals surface area contributed by atoms with Crippen LogP contribution in [0.25, 0.3) is 0 Å². The van der Waals surface area contributed by atoms with E-state index in [0.717, 1.165) is 5.56 Å². The van der Waals surface area contributed by atoms with Crippen LogP contribution in [0.4, 0.5) is 0 Å². The molecule has 0 aliphatic heterocycles. The highest BCUT2D eigenvalue weighted by Gasteiger charge is 2.26. The summed E-state index contributed by atoms with van der Waals surface area (Å²) in [6.07, 6.45) is 0. The van der Waals surface area contributed by atoms with Crippen molar-refractivity contribution in [3.8, 4) is 0 Å². The van der Waals surface area contributed by atoms with Gasteiger partial charge in [-0.15, -0.1) is 0 Å². The molecule has 116 valence electrons. The summed E-state index contributed by atoms with van der Waals surface area (Å²) in [5, 5.41) is 0. The van der Waals surface area contributed by atoms with Gasteiger partial charge in [-0.25, -0.2) is 8.42 Å². The molecule has 1 atom stereocenters. The van der Waals surface area contributed by atoms with E-state index in [1.165, 1.54) is 6.07 Å². The average molecular weight is 318 g/mol. The van der Waals surface area contributed by atoms with Gasteiger partial charge in [0, 0.05) is 0 Å². The highest BCUT2D eigenvalue weighted by Crippen LogP contribution is 2.20. The lowest BCUT2D eigenvalue weighted by Crippen LogP contribution is -2.37. The maximum absolute atomic E-state index is 12.5. The van der Waals surface area contributed by atoms with Crippen molar-refractivity contribution in [1.82, 2.24) is 4.72 Å². The molecule has 0 aliphatic rings. The van der Waals surface area contributed by atoms with Gasteiger partial charge < -0.3 is 5.73 Å². The van der Waals surface area contributed by atoms with Crippen LogP contribution in [0, 0.1) is 13.8 Å². The Morgan fingerprint density at radius 2 is 1.73 bits per heavy atom. The van der Waals surface area contributed by atoms with E-state index in [0.29, 0.717) is 11.1 Å². The monoisotopic (exact) mass is 318 g/mol. The molecule has 0 aromatic heterocycles. The van der Waals surface area contributed by atoms with Crippen LogP contribution < -0.4 is 10.5 Å². The second-order valence-electron chi connectivity index (χ2n) is 5.14. The molecule has 0 radical (unpaired) electrons. The number of sulfonamides is 1. The third-order valence-corrected chi connectivity index (χ3v) is 4.89. The van der Waals surface area contributed by atoms with E-state index < -0.39 is 22.0 Å². The SMILES string of the molecule is Cc1ccc(S(=O)(=O)N[C@@H](C(N)=O)c2ccccc2)c(C)c1. The number of hydrogen-bond acceptors (Lipinski definition) is 3. The van der Waals surface area contributed by atoms with Crippen molar-refractivity contribution in [2.75, 3.05) is 0 Å². The number of primary amides is 1. The Labute approximate surface area is 130 Å². The normalized spacial score (nSPS) is 12.8. The van der Waals surface area contributed by atoms with Crippen molar-refractivity contribution < 1.29 is 13.2 Å². The minimum Gasteiger partial charge on any atom is -0.368 e. The van der Waals surface area contributed by atoms with Gasteiger partial charge in [-0.05, 0) is 31.0 Å². The van der Waals surface area contributed by atoms with Gasteiger partial charge in [0.05, 0.1) is 4.90 Å². The van der Waals surface area contributed by atoms with E-state index in [-0.39, 0.29) is 4.90 Å². The fraction of sp³-hybridized carbons (Fsp3) is 0.188. The number of nitrogens with two attached hydrogens (primary N) is 1. The average Bonchev–Trinajstić information content (AvgIpc) is 2.45. The first kappa shape index (κ1) is 16.2. The van der Waals surface area contributed by atoms with Gasteiger partial charge in [0.15, 0.2) is 0 Å². The number of amides is 1. The fourth-order valence-electron chi connectivity index (χ4n) is 2.26. The topological polar surface area (TPSA) is 89.3 Å². The fourth-order valence-corrected chi connectivity index (χ4v) is 3.67. The standard InChI is InChI=1S/C16H18N2O3S/c1-11-8-9-14(12(2)10-11)22(20,21)18-15(16(17)19)13-6-4-3-5-7-13/h3-10,15,18H,1-2H3,(H2,17,19)/t15-/m1/s1. The Bertz CT molecular complexity index is 786. The van der Waals surface area contributed by atoms with Gasteiger partial charge >= 0.3 is 0 Å². The molecule has 3 N–H and O–H groups in total. The predicted molar refractivity (Wildman–Crippen MR) is 84.6 cm³/mol. The molecule has 0 saturated heterocycles. The maximum atomic E-state index is 12.5. The molecule has 0 heterocycles. The van der Waals surface area contributed by atoms with E-state index in [1.54, 1.807) is 49.4 Å². The number of rotatable bonds is 5. The highest BCUT2D eigenvalue weighted by atomic mass is 32.2. The van der Waals surface area contributed by atoms with E-state index in [9.17, 15) is 13.2 Å². The number of hydrogen-bond donors (Lipinski definition) is 2. The molecular weight excluding hydrogens is 300 g/mol. The molecule has 0 fully saturated rings. The Morgan fingerprint density at radius 1 is 1.09 bits per heavy atom. The molecular formula is C16H18N2O3S. The summed E-state index contributed by atoms with van der Waals surface area (Å²) in [6, 6.07) is 12.4. The van der Waals surface area contributed by atoms with Crippen LogP contribution in [-0.2, 0) is 14.8 Å². The number of nitrogens with one attached hydrogen (secondary N) is 1. The number of benzene rings is 2. The summed E-state index contributed by atoms with van der Waals surface area (Å²) in [7, 11) is -3.85. The van der Waals surface area contributed by atoms with Crippen LogP contribution in [0.5, 0.6) is 0 Å². The zero-order valence-corrected chi connectivity index (χ0v) is 13.2. The molecule has 0 bridgehead atoms. The summed E-state index contributed by atoms with van der Waals surface area (Å²) in [4.78, 5) is 11.8. The number of carbonyl (C=O) groups is 1. The van der Waals surface area contributed by atoms with Gasteiger partial charge in [0.2, 0.25) is 15.9 Å². The highest BCUT2D eigenvalue weighted by molar-refractivity contribution is 7.89. The Balaban J connectivity index is 2.39. The zero-order chi connectivity index (χ0) is 16.3. The van der Waals surface area contributed by atoms with Gasteiger partial charge in [0.1, 0.15) is 6.04 Å². The molecule has 0 unspecified atom stereocenters. The first-order valence-corrected chi connectivity index (χ1v) is 8.23. The maximum Gasteiger partial charge on any atom is 0.241 e. The summed E-state index contributed by atoms with van der Waals surface area (Å²) in [6.45, 7) is 3.59. The summed E-state index contributed by atoms with van der Waals surface area (Å²) in [5.41, 5.74) is 7.43. The predicted octanol–water partition coefficient (Wildman–Crippen LogP) is 1.81. The van der Waals surface area contributed by atoms with E-state index >= 15 is 0 Å². The number of aryl methyl sites for hydroxylation is 2. The molecule has 0 aliphatic carbocycles. The summed E-state index contributed by atoms with van der Waals surface area (Å²) in [5.74, 6) is -0.750. The van der Waals surface area contributed by atoms with Crippen molar-refractivity contribution in [2.24, 2.45) is 5.73 Å². The minimum absolute atomic E-state index is 0.139. The van der Waals surface area contributed by atoms with Crippen LogP contribution >= 0.6 is 0 Å². The van der Waals surface area contributed by atoms with Crippen LogP contribution in [0.3, 0.4) is 0 Å². The molecule has 5 nitrogen and oxygen atoms in total. The Morgan fingerprint density at radius 3 is 2.27 bits per heavy atom. The van der Waals surface area contributed by atoms with Gasteiger partial charge in [-0.3, -0.25) is 4.79 Å². The van der Waals surface area contributed by atoms with E-state index in [2.05, 4.69) is 4.72 Å². The second-order valence-corrected chi connectivity index (χ2v) is 6.82. The number of carbonyl (C=O) groups excluding carboxylic acids is 1. The Hall–Kier alpha value is -2.18. The molecule has 0 saturated carbocycles. The molecule has 2 rings (SSSR count). The van der Waals surface area contributed by atoms with Gasteiger partial charge in [-0.1, -0.05) is 48.0 Å². The third kappa shape index (κ3) is 3.52. The van der Waals surface area contributed by atoms with Crippen LogP contribution in [0.2, 0.25) is 0 Å². The quantitative estimate of drug-likeness (QED) is 0.881. The molecule has 1 amide bonds.